The Morgan fingerprint density at radius 3 is 1.35 bits per heavy atom. The zero-order valence-electron chi connectivity index (χ0n) is 34.5. The molecule has 60 heavy (non-hydrogen) atoms. The SMILES string of the molecule is CCCc1ccc(OC(=O)[C@H]2CC[C@H](C(=O)Oc3ccc(OC(=O)[C@H]4CC[C@H](C(=O)Oc5ccc(CCC)cc5)CC4)c4nc5c(nc34)c3ccccc3n5C)CC2)cc1. The molecule has 11 nitrogen and oxygen atoms in total. The minimum absolute atomic E-state index is 0.210. The summed E-state index contributed by atoms with van der Waals surface area (Å²) >= 11 is 0. The van der Waals surface area contributed by atoms with Crippen LogP contribution in [0.5, 0.6) is 23.0 Å². The molecule has 0 saturated heterocycles. The van der Waals surface area contributed by atoms with Crippen LogP contribution in [-0.4, -0.2) is 38.4 Å². The molecular weight excluding hydrogens is 759 g/mol. The Labute approximate surface area is 349 Å². The molecule has 2 aromatic heterocycles. The van der Waals surface area contributed by atoms with Crippen molar-refractivity contribution >= 4 is 57.0 Å². The molecule has 4 aromatic carbocycles. The van der Waals surface area contributed by atoms with Gasteiger partial charge >= 0.3 is 23.9 Å². The Bertz CT molecular complexity index is 2530. The monoisotopic (exact) mass is 809 g/mol. The Balaban J connectivity index is 0.950. The average Bonchev–Trinajstić information content (AvgIpc) is 3.55. The number of para-hydroxylation sites is 1. The number of esters is 4. The second-order valence-corrected chi connectivity index (χ2v) is 16.3. The van der Waals surface area contributed by atoms with Crippen LogP contribution in [0.1, 0.15) is 89.2 Å². The van der Waals surface area contributed by atoms with E-state index in [9.17, 15) is 19.2 Å². The van der Waals surface area contributed by atoms with Gasteiger partial charge in [-0.3, -0.25) is 19.2 Å². The van der Waals surface area contributed by atoms with Crippen LogP contribution in [0.25, 0.3) is 33.1 Å². The minimum atomic E-state index is -0.415. The summed E-state index contributed by atoms with van der Waals surface area (Å²) in [5.41, 5.74) is 5.14. The van der Waals surface area contributed by atoms with Crippen molar-refractivity contribution in [3.05, 3.63) is 96.1 Å². The smallest absolute Gasteiger partial charge is 0.314 e. The maximum absolute atomic E-state index is 13.7. The first-order valence-corrected chi connectivity index (χ1v) is 21.4. The number of rotatable bonds is 12. The topological polar surface area (TPSA) is 136 Å². The molecule has 2 aliphatic rings. The van der Waals surface area contributed by atoms with E-state index >= 15 is 0 Å². The molecule has 0 bridgehead atoms. The minimum Gasteiger partial charge on any atom is -0.426 e. The van der Waals surface area contributed by atoms with Crippen LogP contribution in [0.3, 0.4) is 0 Å². The number of benzene rings is 4. The van der Waals surface area contributed by atoms with Crippen molar-refractivity contribution in [1.29, 1.82) is 0 Å². The standard InChI is InChI=1S/C49H51N3O8/c1-4-8-30-12-24-36(25-13-30)57-46(53)32-16-20-34(21-17-32)48(55)59-40-28-29-41(44-43(40)50-42-38-10-6-7-11-39(38)52(3)45(42)51-44)60-49(56)35-22-18-33(19-23-35)47(54)58-37-26-14-31(9-5-2)15-27-37/h6-7,10-15,24-29,32-35H,4-5,8-9,16-23H2,1-3H3/t32-,33-,34-,35-. The number of hydrogen-bond donors (Lipinski definition) is 0. The van der Waals surface area contributed by atoms with Crippen molar-refractivity contribution in [3.63, 3.8) is 0 Å². The van der Waals surface area contributed by atoms with E-state index in [1.807, 2.05) is 84.4 Å². The summed E-state index contributed by atoms with van der Waals surface area (Å²) in [6.45, 7) is 4.25. The molecule has 6 aromatic rings. The fourth-order valence-corrected chi connectivity index (χ4v) is 8.68. The number of carbonyl (C=O) groups excluding carboxylic acids is 4. The van der Waals surface area contributed by atoms with Crippen molar-refractivity contribution in [2.75, 3.05) is 0 Å². The Morgan fingerprint density at radius 1 is 0.517 bits per heavy atom. The molecule has 0 unspecified atom stereocenters. The first kappa shape index (κ1) is 40.7. The number of fused-ring (bicyclic) bond motifs is 4. The molecule has 0 N–H and O–H groups in total. The first-order valence-electron chi connectivity index (χ1n) is 21.4. The lowest BCUT2D eigenvalue weighted by Crippen LogP contribution is -2.30. The van der Waals surface area contributed by atoms with E-state index in [2.05, 4.69) is 13.8 Å². The van der Waals surface area contributed by atoms with Crippen LogP contribution in [0.15, 0.2) is 84.9 Å². The van der Waals surface area contributed by atoms with E-state index in [1.54, 1.807) is 12.1 Å². The van der Waals surface area contributed by atoms with Crippen molar-refractivity contribution in [2.45, 2.75) is 90.9 Å². The van der Waals surface area contributed by atoms with Gasteiger partial charge in [-0.15, -0.1) is 0 Å². The lowest BCUT2D eigenvalue weighted by Gasteiger charge is -2.26. The highest BCUT2D eigenvalue weighted by Gasteiger charge is 2.35. The van der Waals surface area contributed by atoms with E-state index in [4.69, 9.17) is 28.9 Å². The predicted molar refractivity (Wildman–Crippen MR) is 228 cm³/mol. The average molecular weight is 810 g/mol. The Hall–Kier alpha value is -6.10. The summed E-state index contributed by atoms with van der Waals surface area (Å²) in [6.07, 6.45) is 7.99. The number of carbonyl (C=O) groups is 4. The molecule has 0 radical (unpaired) electrons. The summed E-state index contributed by atoms with van der Waals surface area (Å²) in [5, 5.41) is 0.884. The summed E-state index contributed by atoms with van der Waals surface area (Å²) in [7, 11) is 1.90. The van der Waals surface area contributed by atoms with Gasteiger partial charge in [0.05, 0.1) is 29.2 Å². The molecule has 11 heteroatoms. The second-order valence-electron chi connectivity index (χ2n) is 16.3. The fraction of sp³-hybridized carbons (Fsp3) is 0.388. The largest absolute Gasteiger partial charge is 0.426 e. The summed E-state index contributed by atoms with van der Waals surface area (Å²) in [5.74, 6) is -1.36. The normalized spacial score (nSPS) is 19.2. The molecule has 0 aliphatic heterocycles. The number of aryl methyl sites for hydroxylation is 3. The van der Waals surface area contributed by atoms with Crippen LogP contribution >= 0.6 is 0 Å². The number of nitrogens with zero attached hydrogens (tertiary/aromatic N) is 3. The highest BCUT2D eigenvalue weighted by molar-refractivity contribution is 6.07. The highest BCUT2D eigenvalue weighted by Crippen LogP contribution is 2.38. The maximum atomic E-state index is 13.7. The lowest BCUT2D eigenvalue weighted by atomic mass is 9.82. The molecule has 2 fully saturated rings. The van der Waals surface area contributed by atoms with Gasteiger partial charge in [-0.25, -0.2) is 9.97 Å². The van der Waals surface area contributed by atoms with Gasteiger partial charge in [0.15, 0.2) is 17.1 Å². The molecule has 8 rings (SSSR count). The zero-order chi connectivity index (χ0) is 41.8. The van der Waals surface area contributed by atoms with E-state index in [0.717, 1.165) is 36.6 Å². The van der Waals surface area contributed by atoms with Crippen LogP contribution in [-0.2, 0) is 39.1 Å². The molecule has 2 aliphatic carbocycles. The van der Waals surface area contributed by atoms with Gasteiger partial charge < -0.3 is 23.5 Å². The van der Waals surface area contributed by atoms with Crippen molar-refractivity contribution in [3.8, 4) is 23.0 Å². The molecule has 0 atom stereocenters. The molecule has 0 spiro atoms. The number of hydrogen-bond acceptors (Lipinski definition) is 10. The third kappa shape index (κ3) is 8.76. The third-order valence-electron chi connectivity index (χ3n) is 12.1. The molecule has 2 saturated carbocycles. The highest BCUT2D eigenvalue weighted by atomic mass is 16.5. The molecule has 0 amide bonds. The molecule has 310 valence electrons. The lowest BCUT2D eigenvalue weighted by molar-refractivity contribution is -0.145. The van der Waals surface area contributed by atoms with Crippen LogP contribution < -0.4 is 18.9 Å². The van der Waals surface area contributed by atoms with E-state index in [1.165, 1.54) is 11.1 Å². The maximum Gasteiger partial charge on any atom is 0.314 e. The van der Waals surface area contributed by atoms with Gasteiger partial charge in [0, 0.05) is 12.4 Å². The summed E-state index contributed by atoms with van der Waals surface area (Å²) in [4.78, 5) is 63.5. The van der Waals surface area contributed by atoms with Crippen molar-refractivity contribution in [1.82, 2.24) is 14.5 Å². The van der Waals surface area contributed by atoms with E-state index in [0.29, 0.717) is 85.1 Å². The van der Waals surface area contributed by atoms with Gasteiger partial charge in [0.2, 0.25) is 0 Å². The Kier molecular flexibility index (Phi) is 12.2. The zero-order valence-corrected chi connectivity index (χ0v) is 34.5. The van der Waals surface area contributed by atoms with E-state index in [-0.39, 0.29) is 35.3 Å². The van der Waals surface area contributed by atoms with E-state index < -0.39 is 23.8 Å². The van der Waals surface area contributed by atoms with Crippen LogP contribution in [0.2, 0.25) is 0 Å². The van der Waals surface area contributed by atoms with Gasteiger partial charge in [-0.05, 0) is 118 Å². The van der Waals surface area contributed by atoms with Gasteiger partial charge in [-0.2, -0.15) is 0 Å². The van der Waals surface area contributed by atoms with Gasteiger partial charge in [-0.1, -0.05) is 69.2 Å². The van der Waals surface area contributed by atoms with Crippen molar-refractivity contribution in [2.24, 2.45) is 30.7 Å². The molecule has 2 heterocycles. The number of ether oxygens (including phenoxy) is 4. The number of aromatic nitrogens is 3. The van der Waals surface area contributed by atoms with Crippen LogP contribution in [0, 0.1) is 23.7 Å². The van der Waals surface area contributed by atoms with Crippen molar-refractivity contribution < 1.29 is 38.1 Å². The van der Waals surface area contributed by atoms with Gasteiger partial charge in [0.1, 0.15) is 28.0 Å². The first-order chi connectivity index (χ1) is 29.2. The predicted octanol–water partition coefficient (Wildman–Crippen LogP) is 9.81. The fourth-order valence-electron chi connectivity index (χ4n) is 8.68. The third-order valence-corrected chi connectivity index (χ3v) is 12.1. The van der Waals surface area contributed by atoms with Crippen LogP contribution in [0.4, 0.5) is 0 Å². The Morgan fingerprint density at radius 2 is 0.917 bits per heavy atom. The summed E-state index contributed by atoms with van der Waals surface area (Å²) in [6, 6.07) is 26.3. The second kappa shape index (κ2) is 18.0. The van der Waals surface area contributed by atoms with Gasteiger partial charge in [0.25, 0.3) is 0 Å². The quantitative estimate of drug-likeness (QED) is 0.0868. The molecular formula is C49H51N3O8. The summed E-state index contributed by atoms with van der Waals surface area (Å²) < 4.78 is 25.5.